The number of fused-ring (bicyclic) bond motifs is 1. The van der Waals surface area contributed by atoms with E-state index in [2.05, 4.69) is 31.5 Å². The maximum Gasteiger partial charge on any atom is 0.319 e. The molecule has 0 unspecified atom stereocenters. The van der Waals surface area contributed by atoms with Gasteiger partial charge in [-0.2, -0.15) is 0 Å². The van der Waals surface area contributed by atoms with E-state index in [4.69, 9.17) is 0 Å². The van der Waals surface area contributed by atoms with Crippen molar-refractivity contribution in [3.05, 3.63) is 89.2 Å². The second-order valence-corrected chi connectivity index (χ2v) is 7.03. The summed E-state index contributed by atoms with van der Waals surface area (Å²) in [6, 6.07) is 21.1. The first-order valence-corrected chi connectivity index (χ1v) is 9.30. The van der Waals surface area contributed by atoms with Crippen LogP contribution in [0.3, 0.4) is 0 Å². The summed E-state index contributed by atoms with van der Waals surface area (Å²) in [5.41, 5.74) is 4.43. The summed E-state index contributed by atoms with van der Waals surface area (Å²) in [5.74, 6) is 0. The predicted octanol–water partition coefficient (Wildman–Crippen LogP) is 5.09. The van der Waals surface area contributed by atoms with Gasteiger partial charge in [0.1, 0.15) is 5.65 Å². The van der Waals surface area contributed by atoms with Crippen molar-refractivity contribution in [2.24, 2.45) is 0 Å². The number of nitrogens with zero attached hydrogens (tertiary/aromatic N) is 2. The summed E-state index contributed by atoms with van der Waals surface area (Å²) in [7, 11) is 0. The summed E-state index contributed by atoms with van der Waals surface area (Å²) in [6.07, 6.45) is 3.93. The quantitative estimate of drug-likeness (QED) is 0.483. The first-order chi connectivity index (χ1) is 13.2. The Balaban J connectivity index is 1.47. The highest BCUT2D eigenvalue weighted by Crippen LogP contribution is 2.23. The fourth-order valence-electron chi connectivity index (χ4n) is 2.81. The van der Waals surface area contributed by atoms with Crippen molar-refractivity contribution >= 4 is 33.3 Å². The summed E-state index contributed by atoms with van der Waals surface area (Å²) >= 11 is 3.47. The number of amides is 2. The van der Waals surface area contributed by atoms with Crippen LogP contribution in [0.1, 0.15) is 5.56 Å². The lowest BCUT2D eigenvalue weighted by Gasteiger charge is -2.08. The molecule has 134 valence electrons. The third-order valence-corrected chi connectivity index (χ3v) is 4.60. The molecule has 27 heavy (non-hydrogen) atoms. The van der Waals surface area contributed by atoms with Gasteiger partial charge in [0.15, 0.2) is 0 Å². The molecule has 5 nitrogen and oxygen atoms in total. The SMILES string of the molecule is O=C(NCc1ccccc1)Nc1cccc(-c2cn3cc(Br)ccc3n2)c1. The van der Waals surface area contributed by atoms with Gasteiger partial charge >= 0.3 is 6.03 Å². The second kappa shape index (κ2) is 7.63. The fourth-order valence-corrected chi connectivity index (χ4v) is 3.17. The molecule has 4 aromatic rings. The van der Waals surface area contributed by atoms with Crippen LogP contribution < -0.4 is 10.6 Å². The number of pyridine rings is 1. The molecular formula is C21H17BrN4O. The molecule has 0 radical (unpaired) electrons. The minimum atomic E-state index is -0.241. The van der Waals surface area contributed by atoms with E-state index in [1.807, 2.05) is 83.5 Å². The molecule has 0 aliphatic heterocycles. The zero-order chi connectivity index (χ0) is 18.6. The molecule has 0 fully saturated rings. The van der Waals surface area contributed by atoms with Crippen LogP contribution in [0.4, 0.5) is 10.5 Å². The summed E-state index contributed by atoms with van der Waals surface area (Å²) in [6.45, 7) is 0.480. The van der Waals surface area contributed by atoms with E-state index < -0.39 is 0 Å². The minimum Gasteiger partial charge on any atom is -0.334 e. The Morgan fingerprint density at radius 2 is 1.85 bits per heavy atom. The monoisotopic (exact) mass is 420 g/mol. The first kappa shape index (κ1) is 17.3. The number of halogens is 1. The summed E-state index contributed by atoms with van der Waals surface area (Å²) in [4.78, 5) is 16.8. The van der Waals surface area contributed by atoms with Crippen molar-refractivity contribution in [1.82, 2.24) is 14.7 Å². The van der Waals surface area contributed by atoms with Crippen molar-refractivity contribution in [2.75, 3.05) is 5.32 Å². The van der Waals surface area contributed by atoms with E-state index in [-0.39, 0.29) is 6.03 Å². The molecule has 2 aromatic carbocycles. The number of hydrogen-bond acceptors (Lipinski definition) is 2. The molecule has 0 atom stereocenters. The van der Waals surface area contributed by atoms with Crippen LogP contribution in [0, 0.1) is 0 Å². The molecule has 2 amide bonds. The number of aromatic nitrogens is 2. The number of rotatable bonds is 4. The van der Waals surface area contributed by atoms with Gasteiger partial charge in [0.25, 0.3) is 0 Å². The number of hydrogen-bond donors (Lipinski definition) is 2. The molecule has 2 heterocycles. The number of imidazole rings is 1. The van der Waals surface area contributed by atoms with Crippen LogP contribution in [0.5, 0.6) is 0 Å². The molecule has 2 N–H and O–H groups in total. The van der Waals surface area contributed by atoms with Crippen LogP contribution in [-0.4, -0.2) is 15.4 Å². The van der Waals surface area contributed by atoms with E-state index in [0.29, 0.717) is 6.54 Å². The smallest absolute Gasteiger partial charge is 0.319 e. The van der Waals surface area contributed by atoms with E-state index in [0.717, 1.165) is 32.6 Å². The Morgan fingerprint density at radius 1 is 1.00 bits per heavy atom. The lowest BCUT2D eigenvalue weighted by Crippen LogP contribution is -2.28. The Hall–Kier alpha value is -3.12. The minimum absolute atomic E-state index is 0.241. The molecule has 0 spiro atoms. The summed E-state index contributed by atoms with van der Waals surface area (Å²) < 4.78 is 2.95. The van der Waals surface area contributed by atoms with Crippen LogP contribution >= 0.6 is 15.9 Å². The maximum absolute atomic E-state index is 12.2. The third-order valence-electron chi connectivity index (χ3n) is 4.13. The molecule has 6 heteroatoms. The van der Waals surface area contributed by atoms with E-state index >= 15 is 0 Å². The highest BCUT2D eigenvalue weighted by molar-refractivity contribution is 9.10. The largest absolute Gasteiger partial charge is 0.334 e. The van der Waals surface area contributed by atoms with E-state index in [1.54, 1.807) is 0 Å². The Bertz CT molecular complexity index is 1090. The molecule has 0 aliphatic rings. The van der Waals surface area contributed by atoms with E-state index in [1.165, 1.54) is 0 Å². The van der Waals surface area contributed by atoms with Gasteiger partial charge in [-0.1, -0.05) is 42.5 Å². The fraction of sp³-hybridized carbons (Fsp3) is 0.0476. The van der Waals surface area contributed by atoms with Crippen molar-refractivity contribution in [2.45, 2.75) is 6.54 Å². The zero-order valence-corrected chi connectivity index (χ0v) is 16.0. The first-order valence-electron chi connectivity index (χ1n) is 8.51. The Kier molecular flexibility index (Phi) is 4.89. The topological polar surface area (TPSA) is 58.4 Å². The van der Waals surface area contributed by atoms with Crippen molar-refractivity contribution in [3.63, 3.8) is 0 Å². The highest BCUT2D eigenvalue weighted by Gasteiger charge is 2.07. The number of anilines is 1. The van der Waals surface area contributed by atoms with Crippen molar-refractivity contribution in [1.29, 1.82) is 0 Å². The number of nitrogens with one attached hydrogen (secondary N) is 2. The average Bonchev–Trinajstić information content (AvgIpc) is 3.11. The molecule has 4 rings (SSSR count). The van der Waals surface area contributed by atoms with Crippen LogP contribution in [0.2, 0.25) is 0 Å². The highest BCUT2D eigenvalue weighted by atomic mass is 79.9. The van der Waals surface area contributed by atoms with Gasteiger partial charge in [0.2, 0.25) is 0 Å². The lowest BCUT2D eigenvalue weighted by atomic mass is 10.1. The molecule has 2 aromatic heterocycles. The Labute approximate surface area is 165 Å². The van der Waals surface area contributed by atoms with E-state index in [9.17, 15) is 4.79 Å². The van der Waals surface area contributed by atoms with Gasteiger partial charge in [0, 0.05) is 34.7 Å². The lowest BCUT2D eigenvalue weighted by molar-refractivity contribution is 0.251. The third kappa shape index (κ3) is 4.17. The number of carbonyl (C=O) groups is 1. The molecule has 0 aliphatic carbocycles. The molecule has 0 saturated carbocycles. The van der Waals surface area contributed by atoms with Gasteiger partial charge in [-0.25, -0.2) is 9.78 Å². The van der Waals surface area contributed by atoms with Gasteiger partial charge < -0.3 is 15.0 Å². The number of benzene rings is 2. The van der Waals surface area contributed by atoms with Crippen molar-refractivity contribution < 1.29 is 4.79 Å². The Morgan fingerprint density at radius 3 is 2.70 bits per heavy atom. The molecule has 0 saturated heterocycles. The van der Waals surface area contributed by atoms with Crippen LogP contribution in [0.25, 0.3) is 16.9 Å². The van der Waals surface area contributed by atoms with Crippen LogP contribution in [-0.2, 0) is 6.54 Å². The maximum atomic E-state index is 12.2. The van der Waals surface area contributed by atoms with Gasteiger partial charge in [-0.3, -0.25) is 0 Å². The van der Waals surface area contributed by atoms with Gasteiger partial charge in [0.05, 0.1) is 5.69 Å². The number of carbonyl (C=O) groups excluding carboxylic acids is 1. The predicted molar refractivity (Wildman–Crippen MR) is 111 cm³/mol. The number of urea groups is 1. The molecular weight excluding hydrogens is 404 g/mol. The van der Waals surface area contributed by atoms with Gasteiger partial charge in [-0.05, 0) is 45.8 Å². The zero-order valence-electron chi connectivity index (χ0n) is 14.4. The standard InChI is InChI=1S/C21H17BrN4O/c22-17-9-10-20-25-19(14-26(20)13-17)16-7-4-8-18(11-16)24-21(27)23-12-15-5-2-1-3-6-15/h1-11,13-14H,12H2,(H2,23,24,27). The summed E-state index contributed by atoms with van der Waals surface area (Å²) in [5, 5.41) is 5.73. The normalized spacial score (nSPS) is 10.7. The van der Waals surface area contributed by atoms with Crippen molar-refractivity contribution in [3.8, 4) is 11.3 Å². The second-order valence-electron chi connectivity index (χ2n) is 6.11. The van der Waals surface area contributed by atoms with Crippen LogP contribution in [0.15, 0.2) is 83.6 Å². The molecule has 0 bridgehead atoms. The van der Waals surface area contributed by atoms with Gasteiger partial charge in [-0.15, -0.1) is 0 Å². The average molecular weight is 421 g/mol.